The van der Waals surface area contributed by atoms with Crippen LogP contribution >= 0.6 is 0 Å². The molecule has 0 fully saturated rings. The normalized spacial score (nSPS) is 9.15. The third kappa shape index (κ3) is 2.02. The van der Waals surface area contributed by atoms with E-state index in [1.165, 1.54) is 10.9 Å². The molecule has 2 rings (SSSR count). The molecule has 0 radical (unpaired) electrons. The summed E-state index contributed by atoms with van der Waals surface area (Å²) in [6, 6.07) is 8.31. The fourth-order valence-electron chi connectivity index (χ4n) is 1.21. The summed E-state index contributed by atoms with van der Waals surface area (Å²) in [7, 11) is 1.92. The molecule has 0 aliphatic heterocycles. The first-order chi connectivity index (χ1) is 6.40. The van der Waals surface area contributed by atoms with Gasteiger partial charge in [0.25, 0.3) is 0 Å². The molecule has 2 heteroatoms. The minimum absolute atomic E-state index is 1.15. The SMILES string of the molecule is CC.CNc1ccc2[nH]ccc2c1. The van der Waals surface area contributed by atoms with Gasteiger partial charge >= 0.3 is 0 Å². The van der Waals surface area contributed by atoms with Gasteiger partial charge in [-0.15, -0.1) is 0 Å². The Hall–Kier alpha value is -1.44. The van der Waals surface area contributed by atoms with Crippen molar-refractivity contribution in [2.24, 2.45) is 0 Å². The number of anilines is 1. The Balaban J connectivity index is 0.000000396. The monoisotopic (exact) mass is 176 g/mol. The van der Waals surface area contributed by atoms with E-state index < -0.39 is 0 Å². The van der Waals surface area contributed by atoms with Gasteiger partial charge in [-0.25, -0.2) is 0 Å². The quantitative estimate of drug-likeness (QED) is 0.686. The van der Waals surface area contributed by atoms with Gasteiger partial charge in [0.1, 0.15) is 0 Å². The summed E-state index contributed by atoms with van der Waals surface area (Å²) in [5.41, 5.74) is 2.33. The molecule has 1 aromatic heterocycles. The molecule has 0 aliphatic carbocycles. The average molecular weight is 176 g/mol. The summed E-state index contributed by atoms with van der Waals surface area (Å²) in [5, 5.41) is 4.34. The summed E-state index contributed by atoms with van der Waals surface area (Å²) in [6.07, 6.45) is 1.95. The number of fused-ring (bicyclic) bond motifs is 1. The molecule has 0 saturated heterocycles. The zero-order valence-corrected chi connectivity index (χ0v) is 8.39. The van der Waals surface area contributed by atoms with Crippen molar-refractivity contribution < 1.29 is 0 Å². The highest BCUT2D eigenvalue weighted by molar-refractivity contribution is 5.82. The lowest BCUT2D eigenvalue weighted by Gasteiger charge is -1.97. The van der Waals surface area contributed by atoms with Crippen LogP contribution in [0.25, 0.3) is 10.9 Å². The number of hydrogen-bond donors (Lipinski definition) is 2. The molecule has 0 aliphatic rings. The minimum atomic E-state index is 1.15. The van der Waals surface area contributed by atoms with Crippen LogP contribution in [0.1, 0.15) is 13.8 Å². The molecule has 1 heterocycles. The minimum Gasteiger partial charge on any atom is -0.388 e. The standard InChI is InChI=1S/C9H10N2.C2H6/c1-10-8-2-3-9-7(6-8)4-5-11-9;1-2/h2-6,10-11H,1H3;1-2H3. The molecular formula is C11H16N2. The summed E-state index contributed by atoms with van der Waals surface area (Å²) >= 11 is 0. The van der Waals surface area contributed by atoms with Crippen LogP contribution in [0.15, 0.2) is 30.5 Å². The first kappa shape index (κ1) is 9.65. The fourth-order valence-corrected chi connectivity index (χ4v) is 1.21. The Bertz CT molecular complexity index is 363. The average Bonchev–Trinajstić information content (AvgIpc) is 2.67. The van der Waals surface area contributed by atoms with E-state index in [9.17, 15) is 0 Å². The summed E-state index contributed by atoms with van der Waals surface area (Å²) in [5.74, 6) is 0. The van der Waals surface area contributed by atoms with E-state index in [2.05, 4.69) is 34.6 Å². The number of hydrogen-bond acceptors (Lipinski definition) is 1. The second-order valence-corrected chi connectivity index (χ2v) is 2.53. The topological polar surface area (TPSA) is 27.8 Å². The molecule has 0 amide bonds. The lowest BCUT2D eigenvalue weighted by Crippen LogP contribution is -1.85. The largest absolute Gasteiger partial charge is 0.388 e. The molecular weight excluding hydrogens is 160 g/mol. The second kappa shape index (κ2) is 4.55. The van der Waals surface area contributed by atoms with Crippen molar-refractivity contribution in [1.29, 1.82) is 0 Å². The van der Waals surface area contributed by atoms with E-state index in [0.717, 1.165) is 5.69 Å². The van der Waals surface area contributed by atoms with Gasteiger partial charge in [0.15, 0.2) is 0 Å². The van der Waals surface area contributed by atoms with Gasteiger partial charge < -0.3 is 10.3 Å². The van der Waals surface area contributed by atoms with Crippen molar-refractivity contribution in [3.05, 3.63) is 30.5 Å². The summed E-state index contributed by atoms with van der Waals surface area (Å²) < 4.78 is 0. The molecule has 2 nitrogen and oxygen atoms in total. The van der Waals surface area contributed by atoms with Crippen LogP contribution in [0.3, 0.4) is 0 Å². The Morgan fingerprint density at radius 2 is 1.92 bits per heavy atom. The number of rotatable bonds is 1. The van der Waals surface area contributed by atoms with Crippen molar-refractivity contribution in [3.63, 3.8) is 0 Å². The number of benzene rings is 1. The van der Waals surface area contributed by atoms with Crippen molar-refractivity contribution in [1.82, 2.24) is 4.98 Å². The van der Waals surface area contributed by atoms with Crippen molar-refractivity contribution >= 4 is 16.6 Å². The van der Waals surface area contributed by atoms with Crippen LogP contribution in [0.2, 0.25) is 0 Å². The maximum Gasteiger partial charge on any atom is 0.0455 e. The molecule has 2 aromatic rings. The van der Waals surface area contributed by atoms with Crippen molar-refractivity contribution in [3.8, 4) is 0 Å². The highest BCUT2D eigenvalue weighted by atomic mass is 14.8. The first-order valence-corrected chi connectivity index (χ1v) is 4.65. The van der Waals surface area contributed by atoms with E-state index in [4.69, 9.17) is 0 Å². The predicted octanol–water partition coefficient (Wildman–Crippen LogP) is 3.24. The number of aromatic amines is 1. The third-order valence-electron chi connectivity index (χ3n) is 1.84. The van der Waals surface area contributed by atoms with Crippen molar-refractivity contribution in [2.75, 3.05) is 12.4 Å². The zero-order valence-electron chi connectivity index (χ0n) is 8.39. The molecule has 0 spiro atoms. The molecule has 0 unspecified atom stereocenters. The Morgan fingerprint density at radius 1 is 1.15 bits per heavy atom. The van der Waals surface area contributed by atoms with Gasteiger partial charge in [-0.2, -0.15) is 0 Å². The van der Waals surface area contributed by atoms with Crippen LogP contribution in [0.5, 0.6) is 0 Å². The van der Waals surface area contributed by atoms with Crippen LogP contribution < -0.4 is 5.32 Å². The molecule has 13 heavy (non-hydrogen) atoms. The van der Waals surface area contributed by atoms with Gasteiger partial charge in [-0.1, -0.05) is 13.8 Å². The Morgan fingerprint density at radius 3 is 2.62 bits per heavy atom. The summed E-state index contributed by atoms with van der Waals surface area (Å²) in [4.78, 5) is 3.14. The van der Waals surface area contributed by atoms with Gasteiger partial charge in [-0.3, -0.25) is 0 Å². The number of H-pyrrole nitrogens is 1. The van der Waals surface area contributed by atoms with Gasteiger partial charge in [0, 0.05) is 29.8 Å². The summed E-state index contributed by atoms with van der Waals surface area (Å²) in [6.45, 7) is 4.00. The smallest absolute Gasteiger partial charge is 0.0455 e. The lowest BCUT2D eigenvalue weighted by molar-refractivity contribution is 1.47. The molecule has 1 aromatic carbocycles. The lowest BCUT2D eigenvalue weighted by atomic mass is 10.2. The molecule has 0 atom stereocenters. The van der Waals surface area contributed by atoms with E-state index in [0.29, 0.717) is 0 Å². The molecule has 2 N–H and O–H groups in total. The zero-order chi connectivity index (χ0) is 9.68. The van der Waals surface area contributed by atoms with Crippen LogP contribution in [-0.4, -0.2) is 12.0 Å². The van der Waals surface area contributed by atoms with E-state index in [1.54, 1.807) is 0 Å². The van der Waals surface area contributed by atoms with Gasteiger partial charge in [0.2, 0.25) is 0 Å². The van der Waals surface area contributed by atoms with Gasteiger partial charge in [-0.05, 0) is 24.3 Å². The number of nitrogens with one attached hydrogen (secondary N) is 2. The van der Waals surface area contributed by atoms with Gasteiger partial charge in [0.05, 0.1) is 0 Å². The first-order valence-electron chi connectivity index (χ1n) is 4.65. The van der Waals surface area contributed by atoms with Crippen LogP contribution in [0, 0.1) is 0 Å². The Kier molecular flexibility index (Phi) is 3.38. The van der Waals surface area contributed by atoms with E-state index >= 15 is 0 Å². The van der Waals surface area contributed by atoms with Crippen LogP contribution in [-0.2, 0) is 0 Å². The second-order valence-electron chi connectivity index (χ2n) is 2.53. The van der Waals surface area contributed by atoms with Crippen LogP contribution in [0.4, 0.5) is 5.69 Å². The highest BCUT2D eigenvalue weighted by Gasteiger charge is 1.93. The van der Waals surface area contributed by atoms with Crippen molar-refractivity contribution in [2.45, 2.75) is 13.8 Å². The number of aromatic nitrogens is 1. The Labute approximate surface area is 79.0 Å². The fraction of sp³-hybridized carbons (Fsp3) is 0.273. The third-order valence-corrected chi connectivity index (χ3v) is 1.84. The molecule has 70 valence electrons. The highest BCUT2D eigenvalue weighted by Crippen LogP contribution is 2.16. The molecule has 0 saturated carbocycles. The predicted molar refractivity (Wildman–Crippen MR) is 59.2 cm³/mol. The van der Waals surface area contributed by atoms with E-state index in [1.807, 2.05) is 27.1 Å². The molecule has 0 bridgehead atoms. The maximum absolute atomic E-state index is 3.14. The van der Waals surface area contributed by atoms with E-state index in [-0.39, 0.29) is 0 Å². The maximum atomic E-state index is 3.14.